The van der Waals surface area contributed by atoms with Gasteiger partial charge in [0.1, 0.15) is 5.75 Å². The number of fused-ring (bicyclic) bond motifs is 1. The minimum absolute atomic E-state index is 0.0647. The highest BCUT2D eigenvalue weighted by Gasteiger charge is 2.22. The number of hydrogen-bond acceptors (Lipinski definition) is 6. The molecule has 25 heavy (non-hydrogen) atoms. The fourth-order valence-electron chi connectivity index (χ4n) is 2.59. The molecule has 1 unspecified atom stereocenters. The summed E-state index contributed by atoms with van der Waals surface area (Å²) < 4.78 is 6.85. The van der Waals surface area contributed by atoms with E-state index in [-0.39, 0.29) is 11.0 Å². The zero-order valence-electron chi connectivity index (χ0n) is 14.7. The Morgan fingerprint density at radius 1 is 1.24 bits per heavy atom. The number of nitrogens with zero attached hydrogens (tertiary/aromatic N) is 4. The number of benzene rings is 1. The quantitative estimate of drug-likeness (QED) is 0.497. The van der Waals surface area contributed by atoms with E-state index in [9.17, 15) is 4.79 Å². The lowest BCUT2D eigenvalue weighted by atomic mass is 10.1. The van der Waals surface area contributed by atoms with E-state index in [1.54, 1.807) is 35.9 Å². The van der Waals surface area contributed by atoms with Crippen LogP contribution in [0.5, 0.6) is 5.75 Å². The Morgan fingerprint density at radius 3 is 2.60 bits per heavy atom. The van der Waals surface area contributed by atoms with Gasteiger partial charge in [-0.2, -0.15) is 4.98 Å². The number of ether oxygens (including phenoxy) is 1. The van der Waals surface area contributed by atoms with Crippen molar-refractivity contribution in [3.63, 3.8) is 0 Å². The minimum Gasteiger partial charge on any atom is -0.497 e. The summed E-state index contributed by atoms with van der Waals surface area (Å²) in [5, 5.41) is 4.80. The summed E-state index contributed by atoms with van der Waals surface area (Å²) in [7, 11) is 1.61. The second-order valence-corrected chi connectivity index (χ2v) is 6.92. The van der Waals surface area contributed by atoms with Gasteiger partial charge in [0.15, 0.2) is 5.78 Å². The first-order valence-corrected chi connectivity index (χ1v) is 8.95. The lowest BCUT2D eigenvalue weighted by Gasteiger charge is -2.11. The van der Waals surface area contributed by atoms with Crippen molar-refractivity contribution >= 4 is 23.3 Å². The third-order valence-corrected chi connectivity index (χ3v) is 5.10. The zero-order valence-corrected chi connectivity index (χ0v) is 15.5. The summed E-state index contributed by atoms with van der Waals surface area (Å²) in [6, 6.07) is 9.12. The van der Waals surface area contributed by atoms with Crippen LogP contribution in [0.1, 0.15) is 35.1 Å². The molecule has 0 bridgehead atoms. The number of rotatable bonds is 6. The van der Waals surface area contributed by atoms with Crippen molar-refractivity contribution in [1.29, 1.82) is 0 Å². The van der Waals surface area contributed by atoms with Crippen LogP contribution >= 0.6 is 11.8 Å². The van der Waals surface area contributed by atoms with E-state index in [2.05, 4.69) is 15.1 Å². The smallest absolute Gasteiger partial charge is 0.253 e. The van der Waals surface area contributed by atoms with Gasteiger partial charge in [-0.25, -0.2) is 9.50 Å². The molecule has 6 nitrogen and oxygen atoms in total. The standard InChI is InChI=1S/C18H20N4O2S/c1-5-15(16(23)13-6-8-14(24-4)9-7-13)25-18-20-17-19-11(2)10-12(3)22(17)21-18/h6-10,15H,5H2,1-4H3. The lowest BCUT2D eigenvalue weighted by Crippen LogP contribution is -2.16. The Morgan fingerprint density at radius 2 is 1.96 bits per heavy atom. The molecule has 1 atom stereocenters. The van der Waals surface area contributed by atoms with Crippen molar-refractivity contribution in [2.45, 2.75) is 37.6 Å². The van der Waals surface area contributed by atoms with E-state index in [1.807, 2.05) is 26.8 Å². The molecule has 0 aliphatic heterocycles. The number of carbonyl (C=O) groups is 1. The summed E-state index contributed by atoms with van der Waals surface area (Å²) in [6.07, 6.45) is 0.691. The molecule has 3 aromatic rings. The van der Waals surface area contributed by atoms with Gasteiger partial charge in [-0.15, -0.1) is 5.10 Å². The maximum atomic E-state index is 12.8. The third kappa shape index (κ3) is 3.66. The second kappa shape index (κ2) is 7.23. The van der Waals surface area contributed by atoms with E-state index in [1.165, 1.54) is 11.8 Å². The van der Waals surface area contributed by atoms with Gasteiger partial charge in [0.2, 0.25) is 5.16 Å². The first-order valence-electron chi connectivity index (χ1n) is 8.07. The van der Waals surface area contributed by atoms with Crippen molar-refractivity contribution in [3.05, 3.63) is 47.3 Å². The Hall–Kier alpha value is -2.41. The molecule has 2 aromatic heterocycles. The van der Waals surface area contributed by atoms with Gasteiger partial charge in [0.25, 0.3) is 5.78 Å². The van der Waals surface area contributed by atoms with E-state index in [4.69, 9.17) is 4.74 Å². The molecule has 130 valence electrons. The molecule has 0 saturated heterocycles. The molecule has 0 aliphatic carbocycles. The summed E-state index contributed by atoms with van der Waals surface area (Å²) in [5.74, 6) is 1.36. The average molecular weight is 356 g/mol. The van der Waals surface area contributed by atoms with Gasteiger partial charge in [0.05, 0.1) is 12.4 Å². The van der Waals surface area contributed by atoms with Crippen molar-refractivity contribution < 1.29 is 9.53 Å². The summed E-state index contributed by atoms with van der Waals surface area (Å²) in [4.78, 5) is 21.6. The fraction of sp³-hybridized carbons (Fsp3) is 0.333. The summed E-state index contributed by atoms with van der Waals surface area (Å²) in [5.41, 5.74) is 2.53. The van der Waals surface area contributed by atoms with Crippen LogP contribution in [0.15, 0.2) is 35.5 Å². The van der Waals surface area contributed by atoms with Gasteiger partial charge >= 0.3 is 0 Å². The number of aromatic nitrogens is 4. The van der Waals surface area contributed by atoms with Crippen LogP contribution in [0.4, 0.5) is 0 Å². The normalized spacial score (nSPS) is 12.3. The molecule has 0 amide bonds. The number of hydrogen-bond donors (Lipinski definition) is 0. The van der Waals surface area contributed by atoms with Crippen molar-refractivity contribution in [1.82, 2.24) is 19.6 Å². The van der Waals surface area contributed by atoms with Gasteiger partial charge in [-0.1, -0.05) is 18.7 Å². The number of ketones is 1. The summed E-state index contributed by atoms with van der Waals surface area (Å²) >= 11 is 1.38. The first kappa shape index (κ1) is 17.4. The Kier molecular flexibility index (Phi) is 5.03. The van der Waals surface area contributed by atoms with Crippen LogP contribution in [-0.4, -0.2) is 37.7 Å². The topological polar surface area (TPSA) is 69.4 Å². The average Bonchev–Trinajstić information content (AvgIpc) is 3.02. The predicted molar refractivity (Wildman–Crippen MR) is 97.5 cm³/mol. The van der Waals surface area contributed by atoms with Gasteiger partial charge in [-0.05, 0) is 50.6 Å². The molecular weight excluding hydrogens is 336 g/mol. The van der Waals surface area contributed by atoms with Crippen LogP contribution in [0.3, 0.4) is 0 Å². The minimum atomic E-state index is -0.243. The molecule has 0 spiro atoms. The third-order valence-electron chi connectivity index (χ3n) is 3.88. The SMILES string of the molecule is CCC(Sc1nc2nc(C)cc(C)n2n1)C(=O)c1ccc(OC)cc1. The maximum Gasteiger partial charge on any atom is 0.253 e. The number of Topliss-reactive ketones (excluding diaryl/α,β-unsaturated/α-hetero) is 1. The van der Waals surface area contributed by atoms with Crippen LogP contribution < -0.4 is 4.74 Å². The first-order chi connectivity index (χ1) is 12.0. The predicted octanol–water partition coefficient (Wildman–Crippen LogP) is 3.50. The Balaban J connectivity index is 1.83. The van der Waals surface area contributed by atoms with Crippen LogP contribution in [0.2, 0.25) is 0 Å². The molecule has 0 fully saturated rings. The summed E-state index contributed by atoms with van der Waals surface area (Å²) in [6.45, 7) is 5.88. The number of carbonyl (C=O) groups excluding carboxylic acids is 1. The number of methoxy groups -OCH3 is 1. The molecule has 0 N–H and O–H groups in total. The van der Waals surface area contributed by atoms with Crippen molar-refractivity contribution in [2.75, 3.05) is 7.11 Å². The molecule has 2 heterocycles. The monoisotopic (exact) mass is 356 g/mol. The molecule has 3 rings (SSSR count). The molecular formula is C18H20N4O2S. The highest BCUT2D eigenvalue weighted by atomic mass is 32.2. The van der Waals surface area contributed by atoms with Crippen LogP contribution in [0.25, 0.3) is 5.78 Å². The lowest BCUT2D eigenvalue weighted by molar-refractivity contribution is 0.0988. The van der Waals surface area contributed by atoms with Gasteiger partial charge < -0.3 is 4.74 Å². The fourth-order valence-corrected chi connectivity index (χ4v) is 3.52. The maximum absolute atomic E-state index is 12.8. The molecule has 0 aliphatic rings. The van der Waals surface area contributed by atoms with E-state index >= 15 is 0 Å². The van der Waals surface area contributed by atoms with Crippen LogP contribution in [0, 0.1) is 13.8 Å². The molecule has 7 heteroatoms. The molecule has 0 radical (unpaired) electrons. The highest BCUT2D eigenvalue weighted by Crippen LogP contribution is 2.26. The van der Waals surface area contributed by atoms with Crippen molar-refractivity contribution in [2.24, 2.45) is 0 Å². The van der Waals surface area contributed by atoms with E-state index < -0.39 is 0 Å². The molecule has 0 saturated carbocycles. The van der Waals surface area contributed by atoms with Gasteiger partial charge in [-0.3, -0.25) is 4.79 Å². The number of aryl methyl sites for hydroxylation is 2. The van der Waals surface area contributed by atoms with Crippen molar-refractivity contribution in [3.8, 4) is 5.75 Å². The Bertz CT molecular complexity index is 905. The number of thioether (sulfide) groups is 1. The molecule has 1 aromatic carbocycles. The van der Waals surface area contributed by atoms with E-state index in [0.29, 0.717) is 22.9 Å². The van der Waals surface area contributed by atoms with Crippen LogP contribution in [-0.2, 0) is 0 Å². The van der Waals surface area contributed by atoms with Gasteiger partial charge in [0, 0.05) is 17.0 Å². The largest absolute Gasteiger partial charge is 0.497 e. The highest BCUT2D eigenvalue weighted by molar-refractivity contribution is 8.00. The zero-order chi connectivity index (χ0) is 18.0. The second-order valence-electron chi connectivity index (χ2n) is 5.75. The Labute approximate surface area is 150 Å². The van der Waals surface area contributed by atoms with E-state index in [0.717, 1.165) is 17.1 Å².